The van der Waals surface area contributed by atoms with Gasteiger partial charge in [-0.15, -0.1) is 0 Å². The zero-order chi connectivity index (χ0) is 20.7. The van der Waals surface area contributed by atoms with Gasteiger partial charge in [-0.1, -0.05) is 27.7 Å². The van der Waals surface area contributed by atoms with Gasteiger partial charge in [0.1, 0.15) is 0 Å². The molecule has 0 aromatic rings. The van der Waals surface area contributed by atoms with E-state index in [9.17, 15) is 30.3 Å². The molecule has 0 radical (unpaired) electrons. The van der Waals surface area contributed by atoms with Gasteiger partial charge in [0.05, 0.1) is 24.0 Å². The Morgan fingerprint density at radius 3 is 1.27 bits per heavy atom. The van der Waals surface area contributed by atoms with Crippen LogP contribution in [0.15, 0.2) is 10.2 Å². The zero-order valence-electron chi connectivity index (χ0n) is 16.2. The molecule has 0 aliphatic rings. The number of azo groups is 1. The van der Waals surface area contributed by atoms with E-state index in [1.165, 1.54) is 13.8 Å². The first-order valence-corrected chi connectivity index (χ1v) is 8.53. The highest BCUT2D eigenvalue weighted by Crippen LogP contribution is 2.30. The third kappa shape index (κ3) is 6.79. The Bertz CT molecular complexity index is 578. The SMILES string of the molecule is CC(C)C(CC(C)(C#N)N=NC(C)(C#N)CC(C(=O)O)C(C)C)C(=O)O. The lowest BCUT2D eigenvalue weighted by Gasteiger charge is -2.26. The van der Waals surface area contributed by atoms with Crippen molar-refractivity contribution >= 4 is 11.9 Å². The Balaban J connectivity index is 5.59. The predicted octanol–water partition coefficient (Wildman–Crippen LogP) is 3.50. The second-order valence-corrected chi connectivity index (χ2v) is 7.76. The summed E-state index contributed by atoms with van der Waals surface area (Å²) >= 11 is 0. The Labute approximate surface area is 154 Å². The van der Waals surface area contributed by atoms with Gasteiger partial charge < -0.3 is 10.2 Å². The van der Waals surface area contributed by atoms with Crippen LogP contribution in [0.4, 0.5) is 0 Å². The number of nitriles is 2. The fraction of sp³-hybridized carbons (Fsp3) is 0.778. The second-order valence-electron chi connectivity index (χ2n) is 7.76. The first-order chi connectivity index (χ1) is 11.8. The molecule has 0 aromatic carbocycles. The fourth-order valence-corrected chi connectivity index (χ4v) is 2.51. The lowest BCUT2D eigenvalue weighted by molar-refractivity contribution is -0.145. The molecule has 0 aromatic heterocycles. The van der Waals surface area contributed by atoms with Crippen LogP contribution in [0.3, 0.4) is 0 Å². The van der Waals surface area contributed by atoms with Gasteiger partial charge in [-0.05, 0) is 25.7 Å². The Hall–Kier alpha value is -2.48. The van der Waals surface area contributed by atoms with Crippen molar-refractivity contribution in [2.75, 3.05) is 0 Å². The summed E-state index contributed by atoms with van der Waals surface area (Å²) in [4.78, 5) is 22.8. The minimum absolute atomic E-state index is 0.0476. The Kier molecular flexibility index (Phi) is 8.40. The molecule has 8 heteroatoms. The molecule has 4 atom stereocenters. The second kappa shape index (κ2) is 9.28. The number of aliphatic carboxylic acids is 2. The van der Waals surface area contributed by atoms with Crippen LogP contribution in [-0.2, 0) is 9.59 Å². The Morgan fingerprint density at radius 1 is 0.846 bits per heavy atom. The van der Waals surface area contributed by atoms with Gasteiger partial charge in [-0.2, -0.15) is 20.8 Å². The van der Waals surface area contributed by atoms with Gasteiger partial charge in [-0.25, -0.2) is 0 Å². The molecule has 0 heterocycles. The molecule has 0 rings (SSSR count). The summed E-state index contributed by atoms with van der Waals surface area (Å²) < 4.78 is 0. The van der Waals surface area contributed by atoms with Gasteiger partial charge in [0, 0.05) is 12.8 Å². The van der Waals surface area contributed by atoms with E-state index in [0.29, 0.717) is 0 Å². The normalized spacial score (nSPS) is 18.5. The quantitative estimate of drug-likeness (QED) is 0.567. The number of nitrogens with zero attached hydrogens (tertiary/aromatic N) is 4. The van der Waals surface area contributed by atoms with Gasteiger partial charge in [0.25, 0.3) is 0 Å². The van der Waals surface area contributed by atoms with E-state index < -0.39 is 34.9 Å². The predicted molar refractivity (Wildman–Crippen MR) is 94.1 cm³/mol. The monoisotopic (exact) mass is 364 g/mol. The van der Waals surface area contributed by atoms with Gasteiger partial charge in [0.2, 0.25) is 0 Å². The van der Waals surface area contributed by atoms with Crippen LogP contribution in [0, 0.1) is 46.3 Å². The van der Waals surface area contributed by atoms with Crippen LogP contribution in [0.5, 0.6) is 0 Å². The van der Waals surface area contributed by atoms with Crippen molar-refractivity contribution in [1.82, 2.24) is 0 Å². The molecule has 0 saturated heterocycles. The highest BCUT2D eigenvalue weighted by molar-refractivity contribution is 5.71. The van der Waals surface area contributed by atoms with E-state index in [4.69, 9.17) is 0 Å². The number of carboxylic acid groups (broad SMARTS) is 2. The summed E-state index contributed by atoms with van der Waals surface area (Å²) in [6.45, 7) is 9.90. The molecule has 144 valence electrons. The van der Waals surface area contributed by atoms with Crippen LogP contribution >= 0.6 is 0 Å². The summed E-state index contributed by atoms with van der Waals surface area (Å²) in [6, 6.07) is 3.93. The molecule has 8 nitrogen and oxygen atoms in total. The maximum absolute atomic E-state index is 11.4. The van der Waals surface area contributed by atoms with Gasteiger partial charge >= 0.3 is 11.9 Å². The van der Waals surface area contributed by atoms with Crippen LogP contribution in [0.25, 0.3) is 0 Å². The third-order valence-electron chi connectivity index (χ3n) is 4.45. The molecule has 0 amide bonds. The number of carboxylic acids is 2. The highest BCUT2D eigenvalue weighted by Gasteiger charge is 2.37. The van der Waals surface area contributed by atoms with Gasteiger partial charge in [-0.3, -0.25) is 9.59 Å². The summed E-state index contributed by atoms with van der Waals surface area (Å²) in [6.07, 6.45) is -0.0951. The Morgan fingerprint density at radius 2 is 1.12 bits per heavy atom. The highest BCUT2D eigenvalue weighted by atomic mass is 16.4. The molecule has 0 fully saturated rings. The summed E-state index contributed by atoms with van der Waals surface area (Å²) in [7, 11) is 0. The molecule has 0 bridgehead atoms. The van der Waals surface area contributed by atoms with Crippen LogP contribution in [0.1, 0.15) is 54.4 Å². The molecule has 4 unspecified atom stereocenters. The molecular formula is C18H28N4O4. The van der Waals surface area contributed by atoms with E-state index in [1.807, 2.05) is 12.1 Å². The molecular weight excluding hydrogens is 336 g/mol. The van der Waals surface area contributed by atoms with E-state index in [2.05, 4.69) is 10.2 Å². The average molecular weight is 364 g/mol. The van der Waals surface area contributed by atoms with E-state index in [1.54, 1.807) is 27.7 Å². The molecule has 0 spiro atoms. The van der Waals surface area contributed by atoms with Crippen LogP contribution in [0.2, 0.25) is 0 Å². The lowest BCUT2D eigenvalue weighted by atomic mass is 9.83. The standard InChI is InChI=1S/C18H28N4O4/c1-11(2)13(15(23)24)7-17(5,9-19)21-22-18(6,10-20)8-14(12(3)4)16(25)26/h11-14H,7-8H2,1-6H3,(H,23,24)(H,25,26). The van der Waals surface area contributed by atoms with Crippen molar-refractivity contribution in [2.24, 2.45) is 33.9 Å². The zero-order valence-corrected chi connectivity index (χ0v) is 16.2. The third-order valence-corrected chi connectivity index (χ3v) is 4.45. The minimum atomic E-state index is -1.41. The van der Waals surface area contributed by atoms with Crippen LogP contribution in [-0.4, -0.2) is 33.2 Å². The van der Waals surface area contributed by atoms with Crippen LogP contribution < -0.4 is 0 Å². The molecule has 0 aliphatic carbocycles. The van der Waals surface area contributed by atoms with E-state index in [0.717, 1.165) is 0 Å². The van der Waals surface area contributed by atoms with Crippen molar-refractivity contribution in [2.45, 2.75) is 65.5 Å². The largest absolute Gasteiger partial charge is 0.481 e. The number of carbonyl (C=O) groups is 2. The summed E-state index contributed by atoms with van der Waals surface area (Å²) in [5, 5.41) is 45.5. The van der Waals surface area contributed by atoms with Crippen molar-refractivity contribution in [1.29, 1.82) is 10.5 Å². The molecule has 26 heavy (non-hydrogen) atoms. The molecule has 0 saturated carbocycles. The topological polar surface area (TPSA) is 147 Å². The fourth-order valence-electron chi connectivity index (χ4n) is 2.51. The number of rotatable bonds is 10. The smallest absolute Gasteiger partial charge is 0.306 e. The van der Waals surface area contributed by atoms with Crippen molar-refractivity contribution in [3.8, 4) is 12.1 Å². The minimum Gasteiger partial charge on any atom is -0.481 e. The molecule has 2 N–H and O–H groups in total. The average Bonchev–Trinajstić information content (AvgIpc) is 2.54. The first-order valence-electron chi connectivity index (χ1n) is 8.53. The van der Waals surface area contributed by atoms with Crippen molar-refractivity contribution in [3.63, 3.8) is 0 Å². The van der Waals surface area contributed by atoms with Crippen molar-refractivity contribution < 1.29 is 19.8 Å². The molecule has 0 aliphatic heterocycles. The maximum atomic E-state index is 11.4. The first kappa shape index (κ1) is 23.5. The number of hydrogen-bond acceptors (Lipinski definition) is 6. The maximum Gasteiger partial charge on any atom is 0.306 e. The van der Waals surface area contributed by atoms with E-state index in [-0.39, 0.29) is 24.7 Å². The van der Waals surface area contributed by atoms with Gasteiger partial charge in [0.15, 0.2) is 11.1 Å². The summed E-state index contributed by atoms with van der Waals surface area (Å²) in [5.41, 5.74) is -2.83. The lowest BCUT2D eigenvalue weighted by Crippen LogP contribution is -2.33. The van der Waals surface area contributed by atoms with E-state index >= 15 is 0 Å². The van der Waals surface area contributed by atoms with Crippen molar-refractivity contribution in [3.05, 3.63) is 0 Å². The summed E-state index contributed by atoms with van der Waals surface area (Å²) in [5.74, 6) is -4.01. The number of hydrogen-bond donors (Lipinski definition) is 2.